The summed E-state index contributed by atoms with van der Waals surface area (Å²) in [6, 6.07) is 7.52. The van der Waals surface area contributed by atoms with E-state index in [1.165, 1.54) is 4.88 Å². The van der Waals surface area contributed by atoms with Crippen molar-refractivity contribution in [3.05, 3.63) is 45.4 Å². The number of thiazole rings is 1. The molecule has 5 heteroatoms. The SMILES string of the molecule is CCOC(=O)c1cccc(NC(C)c2sc(C)nc2C)c1. The van der Waals surface area contributed by atoms with Crippen LogP contribution in [0.5, 0.6) is 0 Å². The van der Waals surface area contributed by atoms with Gasteiger partial charge >= 0.3 is 5.97 Å². The lowest BCUT2D eigenvalue weighted by atomic mass is 10.1. The molecule has 0 saturated carbocycles. The van der Waals surface area contributed by atoms with E-state index < -0.39 is 0 Å². The second-order valence-electron chi connectivity index (χ2n) is 4.85. The molecule has 0 saturated heterocycles. The highest BCUT2D eigenvalue weighted by Gasteiger charge is 2.14. The zero-order chi connectivity index (χ0) is 15.4. The van der Waals surface area contributed by atoms with Gasteiger partial charge in [-0.2, -0.15) is 0 Å². The Kier molecular flexibility index (Phi) is 4.96. The van der Waals surface area contributed by atoms with Gasteiger partial charge in [-0.3, -0.25) is 0 Å². The van der Waals surface area contributed by atoms with Gasteiger partial charge in [0.15, 0.2) is 0 Å². The summed E-state index contributed by atoms with van der Waals surface area (Å²) in [7, 11) is 0. The fraction of sp³-hybridized carbons (Fsp3) is 0.375. The number of aryl methyl sites for hydroxylation is 2. The Bertz CT molecular complexity index is 637. The van der Waals surface area contributed by atoms with Gasteiger partial charge in [-0.25, -0.2) is 9.78 Å². The molecule has 0 aliphatic rings. The summed E-state index contributed by atoms with van der Waals surface area (Å²) in [6.45, 7) is 8.31. The largest absolute Gasteiger partial charge is 0.462 e. The molecule has 0 radical (unpaired) electrons. The van der Waals surface area contributed by atoms with Gasteiger partial charge in [0.2, 0.25) is 0 Å². The highest BCUT2D eigenvalue weighted by atomic mass is 32.1. The van der Waals surface area contributed by atoms with Gasteiger partial charge in [0.05, 0.1) is 28.9 Å². The smallest absolute Gasteiger partial charge is 0.338 e. The first-order valence-corrected chi connectivity index (χ1v) is 7.80. The van der Waals surface area contributed by atoms with Crippen LogP contribution in [0.4, 0.5) is 5.69 Å². The third-order valence-electron chi connectivity index (χ3n) is 3.09. The Balaban J connectivity index is 2.14. The Morgan fingerprint density at radius 3 is 2.81 bits per heavy atom. The second-order valence-corrected chi connectivity index (χ2v) is 6.08. The maximum absolute atomic E-state index is 11.8. The van der Waals surface area contributed by atoms with Crippen LogP contribution in [-0.2, 0) is 4.74 Å². The van der Waals surface area contributed by atoms with Gasteiger partial charge < -0.3 is 10.1 Å². The molecule has 0 amide bonds. The van der Waals surface area contributed by atoms with Crippen molar-refractivity contribution in [3.8, 4) is 0 Å². The van der Waals surface area contributed by atoms with Crippen molar-refractivity contribution in [2.75, 3.05) is 11.9 Å². The van der Waals surface area contributed by atoms with E-state index in [2.05, 4.69) is 17.2 Å². The molecule has 0 spiro atoms. The quantitative estimate of drug-likeness (QED) is 0.845. The minimum absolute atomic E-state index is 0.147. The fourth-order valence-corrected chi connectivity index (χ4v) is 3.14. The lowest BCUT2D eigenvalue weighted by Gasteiger charge is -2.15. The van der Waals surface area contributed by atoms with E-state index in [4.69, 9.17) is 4.74 Å². The molecule has 1 atom stereocenters. The van der Waals surface area contributed by atoms with Crippen molar-refractivity contribution >= 4 is 23.0 Å². The Labute approximate surface area is 129 Å². The van der Waals surface area contributed by atoms with Crippen molar-refractivity contribution < 1.29 is 9.53 Å². The van der Waals surface area contributed by atoms with Crippen LogP contribution in [0, 0.1) is 13.8 Å². The Morgan fingerprint density at radius 2 is 2.19 bits per heavy atom. The molecule has 4 nitrogen and oxygen atoms in total. The number of benzene rings is 1. The van der Waals surface area contributed by atoms with Crippen LogP contribution < -0.4 is 5.32 Å². The van der Waals surface area contributed by atoms with Gasteiger partial charge in [0.1, 0.15) is 0 Å². The third-order valence-corrected chi connectivity index (χ3v) is 4.35. The first-order chi connectivity index (χ1) is 10.0. The van der Waals surface area contributed by atoms with Gasteiger partial charge in [-0.15, -0.1) is 11.3 Å². The molecule has 0 aliphatic carbocycles. The minimum atomic E-state index is -0.293. The molecule has 1 aromatic carbocycles. The van der Waals surface area contributed by atoms with E-state index in [9.17, 15) is 4.79 Å². The number of rotatable bonds is 5. The van der Waals surface area contributed by atoms with Crippen LogP contribution >= 0.6 is 11.3 Å². The number of anilines is 1. The second kappa shape index (κ2) is 6.72. The fourth-order valence-electron chi connectivity index (χ4n) is 2.21. The van der Waals surface area contributed by atoms with Crippen LogP contribution in [0.1, 0.15) is 45.8 Å². The highest BCUT2D eigenvalue weighted by Crippen LogP contribution is 2.27. The summed E-state index contributed by atoms with van der Waals surface area (Å²) in [4.78, 5) is 17.4. The van der Waals surface area contributed by atoms with Crippen LogP contribution in [-0.4, -0.2) is 17.6 Å². The normalized spacial score (nSPS) is 12.0. The third kappa shape index (κ3) is 3.82. The molecule has 0 fully saturated rings. The predicted molar refractivity (Wildman–Crippen MR) is 86.0 cm³/mol. The summed E-state index contributed by atoms with van der Waals surface area (Å²) in [5.41, 5.74) is 2.52. The zero-order valence-corrected chi connectivity index (χ0v) is 13.6. The average molecular weight is 304 g/mol. The molecule has 1 aromatic heterocycles. The summed E-state index contributed by atoms with van der Waals surface area (Å²) in [5, 5.41) is 4.48. The summed E-state index contributed by atoms with van der Waals surface area (Å²) in [5.74, 6) is -0.293. The number of ether oxygens (including phenoxy) is 1. The van der Waals surface area contributed by atoms with Gasteiger partial charge in [0, 0.05) is 10.6 Å². The predicted octanol–water partition coefficient (Wildman–Crippen LogP) is 4.11. The molecule has 1 unspecified atom stereocenters. The zero-order valence-electron chi connectivity index (χ0n) is 12.8. The monoisotopic (exact) mass is 304 g/mol. The number of hydrogen-bond donors (Lipinski definition) is 1. The van der Waals surface area contributed by atoms with Crippen molar-refractivity contribution in [2.24, 2.45) is 0 Å². The molecule has 1 heterocycles. The molecule has 21 heavy (non-hydrogen) atoms. The maximum atomic E-state index is 11.8. The standard InChI is InChI=1S/C16H20N2O2S/c1-5-20-16(19)13-7-6-8-14(9-13)18-11(3)15-10(2)17-12(4)21-15/h6-9,11,18H,5H2,1-4H3. The molecular weight excluding hydrogens is 284 g/mol. The molecule has 1 N–H and O–H groups in total. The van der Waals surface area contributed by atoms with E-state index in [-0.39, 0.29) is 12.0 Å². The summed E-state index contributed by atoms with van der Waals surface area (Å²) < 4.78 is 5.02. The van der Waals surface area contributed by atoms with Gasteiger partial charge in [-0.05, 0) is 45.9 Å². The van der Waals surface area contributed by atoms with E-state index >= 15 is 0 Å². The van der Waals surface area contributed by atoms with E-state index in [0.717, 1.165) is 16.4 Å². The number of esters is 1. The molecule has 0 aliphatic heterocycles. The first-order valence-electron chi connectivity index (χ1n) is 6.99. The topological polar surface area (TPSA) is 51.2 Å². The number of nitrogens with one attached hydrogen (secondary N) is 1. The number of nitrogens with zero attached hydrogens (tertiary/aromatic N) is 1. The number of aromatic nitrogens is 1. The van der Waals surface area contributed by atoms with Crippen LogP contribution in [0.25, 0.3) is 0 Å². The average Bonchev–Trinajstić information content (AvgIpc) is 2.78. The lowest BCUT2D eigenvalue weighted by Crippen LogP contribution is -2.08. The van der Waals surface area contributed by atoms with Crippen LogP contribution in [0.15, 0.2) is 24.3 Å². The van der Waals surface area contributed by atoms with Crippen molar-refractivity contribution in [1.82, 2.24) is 4.98 Å². The van der Waals surface area contributed by atoms with Crippen molar-refractivity contribution in [2.45, 2.75) is 33.7 Å². The van der Waals surface area contributed by atoms with Crippen molar-refractivity contribution in [1.29, 1.82) is 0 Å². The molecule has 0 bridgehead atoms. The molecular formula is C16H20N2O2S. The Hall–Kier alpha value is -1.88. The highest BCUT2D eigenvalue weighted by molar-refractivity contribution is 7.11. The van der Waals surface area contributed by atoms with E-state index in [0.29, 0.717) is 12.2 Å². The number of carbonyl (C=O) groups is 1. The Morgan fingerprint density at radius 1 is 1.43 bits per heavy atom. The van der Waals surface area contributed by atoms with Crippen molar-refractivity contribution in [3.63, 3.8) is 0 Å². The molecule has 2 rings (SSSR count). The maximum Gasteiger partial charge on any atom is 0.338 e. The first kappa shape index (κ1) is 15.5. The van der Waals surface area contributed by atoms with Crippen LogP contribution in [0.3, 0.4) is 0 Å². The number of hydrogen-bond acceptors (Lipinski definition) is 5. The summed E-state index contributed by atoms with van der Waals surface area (Å²) >= 11 is 1.70. The minimum Gasteiger partial charge on any atom is -0.462 e. The summed E-state index contributed by atoms with van der Waals surface area (Å²) in [6.07, 6.45) is 0. The lowest BCUT2D eigenvalue weighted by molar-refractivity contribution is 0.0526. The van der Waals surface area contributed by atoms with E-state index in [1.54, 1.807) is 24.3 Å². The van der Waals surface area contributed by atoms with Crippen LogP contribution in [0.2, 0.25) is 0 Å². The molecule has 112 valence electrons. The van der Waals surface area contributed by atoms with Gasteiger partial charge in [0.25, 0.3) is 0 Å². The van der Waals surface area contributed by atoms with Gasteiger partial charge in [-0.1, -0.05) is 6.07 Å². The van der Waals surface area contributed by atoms with E-state index in [1.807, 2.05) is 32.0 Å². The molecule has 2 aromatic rings. The number of carbonyl (C=O) groups excluding carboxylic acids is 1.